The van der Waals surface area contributed by atoms with Crippen LogP contribution >= 0.6 is 11.8 Å². The van der Waals surface area contributed by atoms with Gasteiger partial charge in [0.1, 0.15) is 0 Å². The molecule has 6 nitrogen and oxygen atoms in total. The Balaban J connectivity index is 1.54. The maximum Gasteiger partial charge on any atom is 0.235 e. The Morgan fingerprint density at radius 1 is 1.38 bits per heavy atom. The number of likely N-dealkylation sites (tertiary alicyclic amines) is 2. The van der Waals surface area contributed by atoms with Gasteiger partial charge in [-0.1, -0.05) is 6.92 Å². The number of aromatic nitrogens is 2. The number of carbonyl (C=O) groups excluding carboxylic acids is 2. The Labute approximate surface area is 160 Å². The van der Waals surface area contributed by atoms with E-state index in [2.05, 4.69) is 16.9 Å². The molecule has 2 aliphatic rings. The molecule has 0 bridgehead atoms. The van der Waals surface area contributed by atoms with Crippen molar-refractivity contribution in [2.45, 2.75) is 51.2 Å². The molecule has 26 heavy (non-hydrogen) atoms. The molecule has 3 rings (SSSR count). The van der Waals surface area contributed by atoms with E-state index in [1.165, 1.54) is 0 Å². The number of nitrogens with one attached hydrogen (secondary N) is 1. The van der Waals surface area contributed by atoms with Crippen LogP contribution in [0.15, 0.2) is 12.5 Å². The van der Waals surface area contributed by atoms with Crippen molar-refractivity contribution in [3.05, 3.63) is 18.2 Å². The highest BCUT2D eigenvalue weighted by molar-refractivity contribution is 8.00. The lowest BCUT2D eigenvalue weighted by atomic mass is 9.72. The van der Waals surface area contributed by atoms with Gasteiger partial charge >= 0.3 is 0 Å². The fraction of sp³-hybridized carbons (Fsp3) is 0.737. The van der Waals surface area contributed by atoms with Crippen molar-refractivity contribution in [1.82, 2.24) is 19.8 Å². The molecule has 1 atom stereocenters. The number of hydrogen-bond donors (Lipinski definition) is 1. The lowest BCUT2D eigenvalue weighted by molar-refractivity contribution is -0.142. The molecule has 0 aliphatic carbocycles. The molecule has 1 N–H and O–H groups in total. The molecular formula is C19H30N4O2S. The van der Waals surface area contributed by atoms with E-state index in [4.69, 9.17) is 0 Å². The zero-order valence-corrected chi connectivity index (χ0v) is 16.7. The highest BCUT2D eigenvalue weighted by Crippen LogP contribution is 2.40. The molecular weight excluding hydrogens is 348 g/mol. The first-order chi connectivity index (χ1) is 12.5. The van der Waals surface area contributed by atoms with Crippen molar-refractivity contribution < 1.29 is 9.59 Å². The molecule has 2 aliphatic heterocycles. The van der Waals surface area contributed by atoms with Crippen LogP contribution in [-0.2, 0) is 16.0 Å². The molecule has 1 aromatic rings. The summed E-state index contributed by atoms with van der Waals surface area (Å²) in [4.78, 5) is 36.1. The van der Waals surface area contributed by atoms with Crippen LogP contribution in [0, 0.1) is 5.41 Å². The fourth-order valence-corrected chi connectivity index (χ4v) is 4.96. The first-order valence-corrected chi connectivity index (χ1v) is 10.7. The molecule has 7 heteroatoms. The van der Waals surface area contributed by atoms with Gasteiger partial charge in [-0.15, -0.1) is 11.8 Å². The Bertz CT molecular complexity index is 611. The van der Waals surface area contributed by atoms with Gasteiger partial charge in [0.25, 0.3) is 0 Å². The minimum Gasteiger partial charge on any atom is -0.348 e. The van der Waals surface area contributed by atoms with Gasteiger partial charge in [-0.2, -0.15) is 0 Å². The van der Waals surface area contributed by atoms with Crippen LogP contribution in [0.2, 0.25) is 0 Å². The number of aromatic amines is 1. The molecule has 2 fully saturated rings. The number of amides is 2. The molecule has 0 saturated carbocycles. The van der Waals surface area contributed by atoms with E-state index in [9.17, 15) is 9.59 Å². The second-order valence-electron chi connectivity index (χ2n) is 7.56. The van der Waals surface area contributed by atoms with Crippen LogP contribution < -0.4 is 0 Å². The van der Waals surface area contributed by atoms with Crippen LogP contribution in [-0.4, -0.2) is 68.8 Å². The predicted molar refractivity (Wildman–Crippen MR) is 104 cm³/mol. The van der Waals surface area contributed by atoms with Crippen molar-refractivity contribution in [3.8, 4) is 0 Å². The summed E-state index contributed by atoms with van der Waals surface area (Å²) in [5.41, 5.74) is 1.26. The van der Waals surface area contributed by atoms with E-state index in [1.807, 2.05) is 22.9 Å². The Kier molecular flexibility index (Phi) is 6.27. The van der Waals surface area contributed by atoms with Crippen molar-refractivity contribution in [2.24, 2.45) is 5.41 Å². The van der Waals surface area contributed by atoms with Crippen LogP contribution in [0.3, 0.4) is 0 Å². The van der Waals surface area contributed by atoms with Gasteiger partial charge < -0.3 is 14.8 Å². The normalized spacial score (nSPS) is 21.2. The monoisotopic (exact) mass is 378 g/mol. The highest BCUT2D eigenvalue weighted by Gasteiger charge is 2.41. The minimum atomic E-state index is 0.0490. The average molecular weight is 379 g/mol. The van der Waals surface area contributed by atoms with Crippen LogP contribution in [0.5, 0.6) is 0 Å². The van der Waals surface area contributed by atoms with E-state index in [0.717, 1.165) is 63.3 Å². The first-order valence-electron chi connectivity index (χ1n) is 9.68. The average Bonchev–Trinajstić information content (AvgIpc) is 3.16. The summed E-state index contributed by atoms with van der Waals surface area (Å²) >= 11 is 1.71. The van der Waals surface area contributed by atoms with Crippen molar-refractivity contribution in [3.63, 3.8) is 0 Å². The Hall–Kier alpha value is -1.50. The van der Waals surface area contributed by atoms with Gasteiger partial charge in [-0.3, -0.25) is 9.59 Å². The smallest absolute Gasteiger partial charge is 0.235 e. The molecule has 0 unspecified atom stereocenters. The number of imidazole rings is 1. The SMILES string of the molecule is CCS[C@H](C)C(=O)N1CCC2(CCC(=O)N(CCc3cnc[nH]3)C2)CC1. The topological polar surface area (TPSA) is 69.3 Å². The quantitative estimate of drug-likeness (QED) is 0.825. The lowest BCUT2D eigenvalue weighted by Crippen LogP contribution is -2.53. The summed E-state index contributed by atoms with van der Waals surface area (Å²) in [5.74, 6) is 1.51. The maximum absolute atomic E-state index is 12.5. The van der Waals surface area contributed by atoms with Crippen molar-refractivity contribution >= 4 is 23.6 Å². The standard InChI is InChI=1S/C19H30N4O2S/c1-3-26-15(2)18(25)22-10-7-19(8-11-22)6-4-17(24)23(13-19)9-5-16-12-20-14-21-16/h12,14-15H,3-11,13H2,1-2H3,(H,20,21)/t15-/m1/s1. The van der Waals surface area contributed by atoms with E-state index < -0.39 is 0 Å². The molecule has 0 radical (unpaired) electrons. The third-order valence-corrected chi connectivity index (χ3v) is 6.89. The number of thioether (sulfide) groups is 1. The zero-order valence-electron chi connectivity index (χ0n) is 15.9. The third kappa shape index (κ3) is 4.42. The lowest BCUT2D eigenvalue weighted by Gasteiger charge is -2.47. The summed E-state index contributed by atoms with van der Waals surface area (Å²) in [5, 5.41) is 0.0490. The Morgan fingerprint density at radius 3 is 2.81 bits per heavy atom. The summed E-state index contributed by atoms with van der Waals surface area (Å²) in [6, 6.07) is 0. The first kappa shape index (κ1) is 19.3. The second-order valence-corrected chi connectivity index (χ2v) is 9.18. The number of piperidine rings is 2. The van der Waals surface area contributed by atoms with Crippen LogP contribution in [0.25, 0.3) is 0 Å². The van der Waals surface area contributed by atoms with Gasteiger partial charge in [0.15, 0.2) is 0 Å². The van der Waals surface area contributed by atoms with Crippen LogP contribution in [0.1, 0.15) is 45.2 Å². The van der Waals surface area contributed by atoms with Gasteiger partial charge in [-0.25, -0.2) is 4.98 Å². The van der Waals surface area contributed by atoms with Crippen molar-refractivity contribution in [2.75, 3.05) is 31.9 Å². The zero-order chi connectivity index (χ0) is 18.6. The van der Waals surface area contributed by atoms with E-state index in [1.54, 1.807) is 18.1 Å². The summed E-state index contributed by atoms with van der Waals surface area (Å²) in [7, 11) is 0. The minimum absolute atomic E-state index is 0.0490. The number of nitrogens with zero attached hydrogens (tertiary/aromatic N) is 3. The van der Waals surface area contributed by atoms with Crippen LogP contribution in [0.4, 0.5) is 0 Å². The number of hydrogen-bond acceptors (Lipinski definition) is 4. The molecule has 0 aromatic carbocycles. The second kappa shape index (κ2) is 8.46. The predicted octanol–water partition coefficient (Wildman–Crippen LogP) is 2.33. The van der Waals surface area contributed by atoms with E-state index in [0.29, 0.717) is 6.42 Å². The van der Waals surface area contributed by atoms with Gasteiger partial charge in [0.05, 0.1) is 11.6 Å². The van der Waals surface area contributed by atoms with Crippen molar-refractivity contribution in [1.29, 1.82) is 0 Å². The summed E-state index contributed by atoms with van der Waals surface area (Å²) in [6.07, 6.45) is 7.94. The van der Waals surface area contributed by atoms with E-state index >= 15 is 0 Å². The van der Waals surface area contributed by atoms with Gasteiger partial charge in [0.2, 0.25) is 11.8 Å². The molecule has 2 amide bonds. The largest absolute Gasteiger partial charge is 0.348 e. The highest BCUT2D eigenvalue weighted by atomic mass is 32.2. The maximum atomic E-state index is 12.5. The number of carbonyl (C=O) groups is 2. The molecule has 3 heterocycles. The third-order valence-electron chi connectivity index (χ3n) is 5.85. The number of rotatable bonds is 6. The molecule has 144 valence electrons. The van der Waals surface area contributed by atoms with E-state index in [-0.39, 0.29) is 22.5 Å². The van der Waals surface area contributed by atoms with Gasteiger partial charge in [0, 0.05) is 50.9 Å². The summed E-state index contributed by atoms with van der Waals surface area (Å²) in [6.45, 7) is 7.34. The number of H-pyrrole nitrogens is 1. The summed E-state index contributed by atoms with van der Waals surface area (Å²) < 4.78 is 0. The molecule has 2 saturated heterocycles. The molecule has 1 spiro atoms. The Morgan fingerprint density at radius 2 is 2.15 bits per heavy atom. The van der Waals surface area contributed by atoms with Gasteiger partial charge in [-0.05, 0) is 37.4 Å². The molecule has 1 aromatic heterocycles. The fourth-order valence-electron chi connectivity index (χ4n) is 4.17.